The molecule has 1 aromatic carbocycles. The van der Waals surface area contributed by atoms with Crippen molar-refractivity contribution in [3.05, 3.63) is 48.0 Å². The first kappa shape index (κ1) is 25.5. The van der Waals surface area contributed by atoms with Crippen LogP contribution in [0.1, 0.15) is 51.0 Å². The van der Waals surface area contributed by atoms with Gasteiger partial charge in [-0.2, -0.15) is 11.8 Å². The van der Waals surface area contributed by atoms with E-state index in [-0.39, 0.29) is 23.8 Å². The van der Waals surface area contributed by atoms with E-state index >= 15 is 0 Å². The number of methoxy groups -OCH3 is 1. The molecule has 31 heavy (non-hydrogen) atoms. The first-order chi connectivity index (χ1) is 15.0. The average Bonchev–Trinajstić information content (AvgIpc) is 3.14. The van der Waals surface area contributed by atoms with Gasteiger partial charge in [0.2, 0.25) is 5.91 Å². The number of benzene rings is 1. The lowest BCUT2D eigenvalue weighted by Gasteiger charge is -2.23. The molecule has 5 nitrogen and oxygen atoms in total. The molecule has 1 fully saturated rings. The lowest BCUT2D eigenvalue weighted by molar-refractivity contribution is -0.140. The molecule has 3 atom stereocenters. The van der Waals surface area contributed by atoms with Gasteiger partial charge in [-0.3, -0.25) is 9.59 Å². The van der Waals surface area contributed by atoms with Crippen LogP contribution in [0.3, 0.4) is 0 Å². The molecule has 0 radical (unpaired) electrons. The van der Waals surface area contributed by atoms with Crippen LogP contribution in [-0.2, 0) is 20.7 Å². The molecule has 1 aliphatic heterocycles. The smallest absolute Gasteiger partial charge is 0.305 e. The number of rotatable bonds is 14. The number of ether oxygens (including phenoxy) is 1. The highest BCUT2D eigenvalue weighted by Gasteiger charge is 2.28. The van der Waals surface area contributed by atoms with E-state index in [0.29, 0.717) is 19.4 Å². The number of carbonyl (C=O) groups excluding carboxylic acids is 2. The van der Waals surface area contributed by atoms with Crippen molar-refractivity contribution in [3.8, 4) is 0 Å². The molecule has 1 amide bonds. The predicted octanol–water partition coefficient (Wildman–Crippen LogP) is 4.24. The monoisotopic (exact) mass is 447 g/mol. The van der Waals surface area contributed by atoms with Crippen molar-refractivity contribution in [1.82, 2.24) is 4.90 Å². The largest absolute Gasteiger partial charge is 0.469 e. The third-order valence-electron chi connectivity index (χ3n) is 5.83. The normalized spacial score (nSPS) is 18.5. The van der Waals surface area contributed by atoms with Crippen LogP contribution < -0.4 is 0 Å². The molecule has 172 valence electrons. The Morgan fingerprint density at radius 3 is 2.81 bits per heavy atom. The summed E-state index contributed by atoms with van der Waals surface area (Å²) >= 11 is 1.76. The van der Waals surface area contributed by atoms with Crippen LogP contribution in [0.2, 0.25) is 0 Å². The summed E-state index contributed by atoms with van der Waals surface area (Å²) in [6.45, 7) is 2.79. The third kappa shape index (κ3) is 9.48. The maximum Gasteiger partial charge on any atom is 0.305 e. The zero-order valence-corrected chi connectivity index (χ0v) is 19.7. The summed E-state index contributed by atoms with van der Waals surface area (Å²) in [5, 5.41) is 10.5. The van der Waals surface area contributed by atoms with Crippen molar-refractivity contribution in [1.29, 1.82) is 0 Å². The number of aryl methyl sites for hydroxylation is 1. The number of nitrogens with zero attached hydrogens (tertiary/aromatic N) is 1. The Kier molecular flexibility index (Phi) is 11.8. The van der Waals surface area contributed by atoms with Crippen molar-refractivity contribution in [2.75, 3.05) is 25.2 Å². The van der Waals surface area contributed by atoms with E-state index in [1.165, 1.54) is 12.7 Å². The standard InChI is InChI=1S/C25H37NO4S/c1-20(8-6-11-21-9-4-3-5-10-21)23(27)15-13-22-14-16-24(28)26(22)17-19-31-18-7-12-25(29)30-2/h3-5,9-10,13,15,20,22-23,27H,6-8,11-12,14,16-19H2,1-2H3/t20-,22-,23+/m0/s1. The topological polar surface area (TPSA) is 66.8 Å². The van der Waals surface area contributed by atoms with Crippen molar-refractivity contribution in [2.24, 2.45) is 5.92 Å². The van der Waals surface area contributed by atoms with Crippen LogP contribution in [0.4, 0.5) is 0 Å². The number of esters is 1. The molecule has 2 rings (SSSR count). The van der Waals surface area contributed by atoms with E-state index in [2.05, 4.69) is 35.9 Å². The summed E-state index contributed by atoms with van der Waals surface area (Å²) in [5.41, 5.74) is 1.34. The maximum atomic E-state index is 12.2. The molecule has 1 heterocycles. The molecule has 6 heteroatoms. The number of amides is 1. The minimum Gasteiger partial charge on any atom is -0.469 e. The summed E-state index contributed by atoms with van der Waals surface area (Å²) < 4.78 is 4.64. The lowest BCUT2D eigenvalue weighted by atomic mass is 9.95. The second-order valence-corrected chi connectivity index (χ2v) is 9.44. The molecule has 0 unspecified atom stereocenters. The van der Waals surface area contributed by atoms with Gasteiger partial charge >= 0.3 is 5.97 Å². The van der Waals surface area contributed by atoms with Gasteiger partial charge in [-0.15, -0.1) is 0 Å². The van der Waals surface area contributed by atoms with Crippen molar-refractivity contribution >= 4 is 23.6 Å². The molecule has 0 saturated carbocycles. The van der Waals surface area contributed by atoms with Gasteiger partial charge in [0.15, 0.2) is 0 Å². The fraction of sp³-hybridized carbons (Fsp3) is 0.600. The summed E-state index contributed by atoms with van der Waals surface area (Å²) in [7, 11) is 1.41. The molecular weight excluding hydrogens is 410 g/mol. The first-order valence-corrected chi connectivity index (χ1v) is 12.5. The first-order valence-electron chi connectivity index (χ1n) is 11.4. The quantitative estimate of drug-likeness (QED) is 0.262. The Hall–Kier alpha value is -1.79. The van der Waals surface area contributed by atoms with Crippen LogP contribution in [0.15, 0.2) is 42.5 Å². The Labute approximate surface area is 191 Å². The van der Waals surface area contributed by atoms with Crippen LogP contribution in [0.5, 0.6) is 0 Å². The number of aliphatic hydroxyl groups is 1. The molecule has 0 bridgehead atoms. The number of carbonyl (C=O) groups is 2. The van der Waals surface area contributed by atoms with E-state index < -0.39 is 6.10 Å². The second-order valence-electron chi connectivity index (χ2n) is 8.22. The number of hydrogen-bond donors (Lipinski definition) is 1. The van der Waals surface area contributed by atoms with Gasteiger partial charge in [0.25, 0.3) is 0 Å². The summed E-state index contributed by atoms with van der Waals surface area (Å²) in [5.74, 6) is 1.95. The van der Waals surface area contributed by atoms with Gasteiger partial charge < -0.3 is 14.7 Å². The highest BCUT2D eigenvalue weighted by molar-refractivity contribution is 7.99. The summed E-state index contributed by atoms with van der Waals surface area (Å²) in [6, 6.07) is 10.5. The number of thioether (sulfide) groups is 1. The van der Waals surface area contributed by atoms with Crippen molar-refractivity contribution < 1.29 is 19.4 Å². The Morgan fingerprint density at radius 2 is 2.06 bits per heavy atom. The maximum absolute atomic E-state index is 12.2. The minimum absolute atomic E-state index is 0.0781. The van der Waals surface area contributed by atoms with Crippen LogP contribution in [-0.4, -0.2) is 59.2 Å². The number of likely N-dealkylation sites (tertiary alicyclic amines) is 1. The van der Waals surface area contributed by atoms with E-state index in [9.17, 15) is 14.7 Å². The number of aliphatic hydroxyl groups excluding tert-OH is 1. The molecular formula is C25H37NO4S. The molecule has 1 aromatic rings. The van der Waals surface area contributed by atoms with Gasteiger partial charge in [-0.25, -0.2) is 0 Å². The SMILES string of the molecule is COC(=O)CCCSCCN1C(=O)CC[C@@H]1C=C[C@@H](O)[C@@H](C)CCCc1ccccc1. The second kappa shape index (κ2) is 14.3. The Bertz CT molecular complexity index is 694. The fourth-order valence-corrected chi connectivity index (χ4v) is 4.69. The van der Waals surface area contributed by atoms with Gasteiger partial charge in [0.05, 0.1) is 19.3 Å². The van der Waals surface area contributed by atoms with Gasteiger partial charge in [-0.1, -0.05) is 49.4 Å². The molecule has 0 aromatic heterocycles. The fourth-order valence-electron chi connectivity index (χ4n) is 3.81. The van der Waals surface area contributed by atoms with Gasteiger partial charge in [-0.05, 0) is 49.3 Å². The summed E-state index contributed by atoms with van der Waals surface area (Å²) in [6.07, 6.45) is 9.10. The van der Waals surface area contributed by atoms with Crippen LogP contribution >= 0.6 is 11.8 Å². The lowest BCUT2D eigenvalue weighted by Crippen LogP contribution is -2.34. The number of hydrogen-bond acceptors (Lipinski definition) is 5. The molecule has 1 saturated heterocycles. The molecule has 1 N–H and O–H groups in total. The minimum atomic E-state index is -0.485. The Balaban J connectivity index is 1.68. The van der Waals surface area contributed by atoms with Crippen LogP contribution in [0.25, 0.3) is 0 Å². The van der Waals surface area contributed by atoms with E-state index in [0.717, 1.165) is 43.6 Å². The molecule has 1 aliphatic rings. The van der Waals surface area contributed by atoms with E-state index in [1.54, 1.807) is 11.8 Å². The van der Waals surface area contributed by atoms with Gasteiger partial charge in [0.1, 0.15) is 0 Å². The van der Waals surface area contributed by atoms with Gasteiger partial charge in [0, 0.05) is 25.1 Å². The highest BCUT2D eigenvalue weighted by atomic mass is 32.2. The van der Waals surface area contributed by atoms with Crippen molar-refractivity contribution in [2.45, 2.75) is 64.0 Å². The van der Waals surface area contributed by atoms with Crippen LogP contribution in [0, 0.1) is 5.92 Å². The highest BCUT2D eigenvalue weighted by Crippen LogP contribution is 2.22. The summed E-state index contributed by atoms with van der Waals surface area (Å²) in [4.78, 5) is 25.3. The average molecular weight is 448 g/mol. The third-order valence-corrected chi connectivity index (χ3v) is 6.88. The van der Waals surface area contributed by atoms with E-state index in [1.807, 2.05) is 23.1 Å². The zero-order chi connectivity index (χ0) is 22.5. The van der Waals surface area contributed by atoms with Crippen molar-refractivity contribution in [3.63, 3.8) is 0 Å². The predicted molar refractivity (Wildman–Crippen MR) is 127 cm³/mol. The van der Waals surface area contributed by atoms with E-state index in [4.69, 9.17) is 0 Å². The zero-order valence-electron chi connectivity index (χ0n) is 18.9. The molecule has 0 spiro atoms. The Morgan fingerprint density at radius 1 is 1.29 bits per heavy atom. The molecule has 0 aliphatic carbocycles.